The Hall–Kier alpha value is -3.53. The molecule has 2 aliphatic rings. The molecule has 1 aromatic carbocycles. The predicted molar refractivity (Wildman–Crippen MR) is 151 cm³/mol. The van der Waals surface area contributed by atoms with Crippen molar-refractivity contribution in [3.05, 3.63) is 57.5 Å². The van der Waals surface area contributed by atoms with Gasteiger partial charge in [0.05, 0.1) is 25.2 Å². The second-order valence-electron chi connectivity index (χ2n) is 11.2. The van der Waals surface area contributed by atoms with Gasteiger partial charge in [-0.3, -0.25) is 19.1 Å². The Morgan fingerprint density at radius 2 is 1.82 bits per heavy atom. The van der Waals surface area contributed by atoms with E-state index in [2.05, 4.69) is 53.2 Å². The Morgan fingerprint density at radius 1 is 1.10 bits per heavy atom. The zero-order valence-electron chi connectivity index (χ0n) is 23.6. The van der Waals surface area contributed by atoms with Gasteiger partial charge in [-0.05, 0) is 65.7 Å². The molecule has 5 rings (SSSR count). The molecule has 4 heterocycles. The van der Waals surface area contributed by atoms with E-state index < -0.39 is 11.6 Å². The number of ether oxygens (including phenoxy) is 2. The quantitative estimate of drug-likeness (QED) is 0.419. The van der Waals surface area contributed by atoms with Crippen LogP contribution in [0, 0.1) is 26.7 Å². The maximum atomic E-state index is 12.6. The standard InChI is InChI=1S/C29H35N5O4S/c1-16-17(2)39-27-24(16)25(30-22(14-23(35)37-7)26-32-31-18(3)34(26)27)19-8-10-21(11-9-19)33-13-12-20(15-33)28(36)38-29(4,5)6/h8-11,20,22H,12-15H2,1-7H3/t20-,22+/m1/s1. The Kier molecular flexibility index (Phi) is 7.09. The number of aromatic nitrogens is 3. The molecule has 3 aromatic rings. The summed E-state index contributed by atoms with van der Waals surface area (Å²) in [5.41, 5.74) is 4.53. The second kappa shape index (κ2) is 10.2. The summed E-state index contributed by atoms with van der Waals surface area (Å²) in [5, 5.41) is 9.74. The number of fused-ring (bicyclic) bond motifs is 3. The van der Waals surface area contributed by atoms with Crippen LogP contribution in [0.1, 0.15) is 72.9 Å². The number of esters is 2. The Balaban J connectivity index is 1.49. The zero-order valence-corrected chi connectivity index (χ0v) is 24.4. The summed E-state index contributed by atoms with van der Waals surface area (Å²) < 4.78 is 12.6. The molecule has 9 nitrogen and oxygen atoms in total. The average Bonchev–Trinajstić information content (AvgIpc) is 3.57. The van der Waals surface area contributed by atoms with Gasteiger partial charge in [0.1, 0.15) is 22.5 Å². The first kappa shape index (κ1) is 27.1. The molecule has 1 fully saturated rings. The van der Waals surface area contributed by atoms with Crippen LogP contribution in [0.3, 0.4) is 0 Å². The lowest BCUT2D eigenvalue weighted by atomic mass is 9.99. The van der Waals surface area contributed by atoms with Crippen molar-refractivity contribution in [2.24, 2.45) is 10.9 Å². The Labute approximate surface area is 232 Å². The first-order valence-corrected chi connectivity index (χ1v) is 14.0. The zero-order chi connectivity index (χ0) is 28.1. The number of hydrogen-bond donors (Lipinski definition) is 0. The van der Waals surface area contributed by atoms with E-state index in [4.69, 9.17) is 14.5 Å². The van der Waals surface area contributed by atoms with Gasteiger partial charge in [-0.15, -0.1) is 21.5 Å². The number of aliphatic imine (C=N–C) groups is 1. The molecule has 2 atom stereocenters. The number of methoxy groups -OCH3 is 1. The van der Waals surface area contributed by atoms with Gasteiger partial charge in [-0.1, -0.05) is 12.1 Å². The van der Waals surface area contributed by atoms with E-state index in [1.54, 1.807) is 11.3 Å². The SMILES string of the molecule is COC(=O)C[C@@H]1N=C(c2ccc(N3CC[C@@H](C(=O)OC(C)(C)C)C3)cc2)c2c(sc(C)c2C)-n2c(C)nnc21. The molecular weight excluding hydrogens is 514 g/mol. The fourth-order valence-electron chi connectivity index (χ4n) is 5.17. The fraction of sp³-hybridized carbons (Fsp3) is 0.483. The minimum absolute atomic E-state index is 0.0724. The number of benzene rings is 1. The fourth-order valence-corrected chi connectivity index (χ4v) is 6.38. The summed E-state index contributed by atoms with van der Waals surface area (Å²) in [6.07, 6.45) is 0.844. The van der Waals surface area contributed by atoms with E-state index in [0.29, 0.717) is 12.4 Å². The highest BCUT2D eigenvalue weighted by atomic mass is 32.1. The minimum atomic E-state index is -0.527. The molecule has 1 saturated heterocycles. The molecule has 0 aliphatic carbocycles. The molecular formula is C29H35N5O4S. The summed E-state index contributed by atoms with van der Waals surface area (Å²) in [5.74, 6) is 0.772. The summed E-state index contributed by atoms with van der Waals surface area (Å²) in [6, 6.07) is 7.77. The third kappa shape index (κ3) is 5.22. The number of carbonyl (C=O) groups excluding carboxylic acids is 2. The maximum absolute atomic E-state index is 12.6. The van der Waals surface area contributed by atoms with Gasteiger partial charge in [-0.25, -0.2) is 0 Å². The molecule has 0 spiro atoms. The first-order chi connectivity index (χ1) is 18.5. The summed E-state index contributed by atoms with van der Waals surface area (Å²) >= 11 is 1.68. The number of rotatable bonds is 5. The largest absolute Gasteiger partial charge is 0.469 e. The van der Waals surface area contributed by atoms with Crippen molar-refractivity contribution in [3.63, 3.8) is 0 Å². The van der Waals surface area contributed by atoms with Crippen molar-refractivity contribution in [1.29, 1.82) is 0 Å². The number of carbonyl (C=O) groups is 2. The molecule has 10 heteroatoms. The second-order valence-corrected chi connectivity index (χ2v) is 12.4. The van der Waals surface area contributed by atoms with Crippen LogP contribution in [0.25, 0.3) is 5.00 Å². The van der Waals surface area contributed by atoms with Gasteiger partial charge in [0.25, 0.3) is 0 Å². The molecule has 206 valence electrons. The molecule has 0 unspecified atom stereocenters. The summed E-state index contributed by atoms with van der Waals surface area (Å²) in [6.45, 7) is 13.3. The molecule has 0 bridgehead atoms. The van der Waals surface area contributed by atoms with Crippen molar-refractivity contribution in [3.8, 4) is 5.00 Å². The number of thiophene rings is 1. The lowest BCUT2D eigenvalue weighted by Crippen LogP contribution is -2.30. The van der Waals surface area contributed by atoms with Gasteiger partial charge in [0.2, 0.25) is 0 Å². The van der Waals surface area contributed by atoms with Crippen molar-refractivity contribution < 1.29 is 19.1 Å². The highest BCUT2D eigenvalue weighted by molar-refractivity contribution is 7.15. The van der Waals surface area contributed by atoms with Crippen LogP contribution in [0.15, 0.2) is 29.3 Å². The average molecular weight is 550 g/mol. The van der Waals surface area contributed by atoms with E-state index in [1.165, 1.54) is 12.0 Å². The smallest absolute Gasteiger partial charge is 0.311 e. The van der Waals surface area contributed by atoms with Crippen LogP contribution >= 0.6 is 11.3 Å². The van der Waals surface area contributed by atoms with E-state index in [0.717, 1.165) is 51.9 Å². The van der Waals surface area contributed by atoms with Crippen molar-refractivity contribution in [2.45, 2.75) is 66.0 Å². The maximum Gasteiger partial charge on any atom is 0.311 e. The van der Waals surface area contributed by atoms with Crippen LogP contribution in [0.5, 0.6) is 0 Å². The van der Waals surface area contributed by atoms with E-state index >= 15 is 0 Å². The van der Waals surface area contributed by atoms with Crippen LogP contribution in [0.2, 0.25) is 0 Å². The van der Waals surface area contributed by atoms with E-state index in [-0.39, 0.29) is 24.3 Å². The third-order valence-corrected chi connectivity index (χ3v) is 8.45. The number of hydrogen-bond acceptors (Lipinski definition) is 9. The summed E-state index contributed by atoms with van der Waals surface area (Å²) in [7, 11) is 1.38. The minimum Gasteiger partial charge on any atom is -0.469 e. The monoisotopic (exact) mass is 549 g/mol. The predicted octanol–water partition coefficient (Wildman–Crippen LogP) is 4.88. The van der Waals surface area contributed by atoms with Crippen molar-refractivity contribution in [1.82, 2.24) is 14.8 Å². The molecule has 0 N–H and O–H groups in total. The van der Waals surface area contributed by atoms with Crippen molar-refractivity contribution in [2.75, 3.05) is 25.1 Å². The Bertz CT molecular complexity index is 1450. The van der Waals surface area contributed by atoms with Crippen LogP contribution in [-0.2, 0) is 19.1 Å². The van der Waals surface area contributed by atoms with Gasteiger partial charge >= 0.3 is 11.9 Å². The third-order valence-electron chi connectivity index (χ3n) is 7.26. The molecule has 2 aliphatic heterocycles. The molecule has 0 saturated carbocycles. The molecule has 0 radical (unpaired) electrons. The van der Waals surface area contributed by atoms with Gasteiger partial charge < -0.3 is 14.4 Å². The van der Waals surface area contributed by atoms with Gasteiger partial charge in [0.15, 0.2) is 5.82 Å². The van der Waals surface area contributed by atoms with Gasteiger partial charge in [-0.2, -0.15) is 0 Å². The Morgan fingerprint density at radius 3 is 2.49 bits per heavy atom. The lowest BCUT2D eigenvalue weighted by Gasteiger charge is -2.23. The van der Waals surface area contributed by atoms with E-state index in [1.807, 2.05) is 32.3 Å². The lowest BCUT2D eigenvalue weighted by molar-refractivity contribution is -0.159. The highest BCUT2D eigenvalue weighted by Crippen LogP contribution is 2.40. The molecule has 39 heavy (non-hydrogen) atoms. The molecule has 2 aromatic heterocycles. The van der Waals surface area contributed by atoms with Crippen molar-refractivity contribution >= 4 is 34.7 Å². The van der Waals surface area contributed by atoms with Crippen LogP contribution in [0.4, 0.5) is 5.69 Å². The van der Waals surface area contributed by atoms with E-state index in [9.17, 15) is 9.59 Å². The molecule has 0 amide bonds. The van der Waals surface area contributed by atoms with Crippen LogP contribution < -0.4 is 4.90 Å². The number of nitrogens with zero attached hydrogens (tertiary/aromatic N) is 5. The topological polar surface area (TPSA) is 98.9 Å². The van der Waals surface area contributed by atoms with Crippen LogP contribution in [-0.4, -0.2) is 58.2 Å². The first-order valence-electron chi connectivity index (χ1n) is 13.2. The summed E-state index contributed by atoms with van der Waals surface area (Å²) in [4.78, 5) is 33.5. The number of aryl methyl sites for hydroxylation is 2. The highest BCUT2D eigenvalue weighted by Gasteiger charge is 2.34. The van der Waals surface area contributed by atoms with Gasteiger partial charge in [0, 0.05) is 34.8 Å². The number of anilines is 1. The normalized spacial score (nSPS) is 18.7.